The molecule has 0 aromatic rings. The highest BCUT2D eigenvalue weighted by molar-refractivity contribution is 4.97. The topological polar surface area (TPSA) is 41.5 Å². The standard InChI is InChI=1S/C9H17NO2/c1-12-9-7(5-11)2-6-3-10-4-8(6)9/h6-11H,2-5H2,1H3/t6-,7+,8+,9-/m0/s1. The maximum atomic E-state index is 9.12. The van der Waals surface area contributed by atoms with E-state index in [1.54, 1.807) is 7.11 Å². The minimum atomic E-state index is 0.283. The molecule has 70 valence electrons. The van der Waals surface area contributed by atoms with Crippen LogP contribution < -0.4 is 5.32 Å². The van der Waals surface area contributed by atoms with Gasteiger partial charge in [0.2, 0.25) is 0 Å². The van der Waals surface area contributed by atoms with Crippen LogP contribution in [0.4, 0.5) is 0 Å². The summed E-state index contributed by atoms with van der Waals surface area (Å²) in [6.45, 7) is 2.46. The van der Waals surface area contributed by atoms with Crippen molar-refractivity contribution in [3.63, 3.8) is 0 Å². The average Bonchev–Trinajstić information content (AvgIpc) is 2.61. The highest BCUT2D eigenvalue weighted by Crippen LogP contribution is 2.39. The Bertz CT molecular complexity index is 163. The van der Waals surface area contributed by atoms with Gasteiger partial charge in [-0.3, -0.25) is 0 Å². The molecule has 1 heterocycles. The summed E-state index contributed by atoms with van der Waals surface area (Å²) in [7, 11) is 1.76. The third-order valence-electron chi connectivity index (χ3n) is 3.39. The maximum absolute atomic E-state index is 9.12. The molecule has 0 amide bonds. The average molecular weight is 171 g/mol. The zero-order valence-electron chi connectivity index (χ0n) is 7.49. The van der Waals surface area contributed by atoms with Crippen molar-refractivity contribution < 1.29 is 9.84 Å². The van der Waals surface area contributed by atoms with Crippen LogP contribution >= 0.6 is 0 Å². The number of nitrogens with one attached hydrogen (secondary N) is 1. The molecule has 0 unspecified atom stereocenters. The smallest absolute Gasteiger partial charge is 0.0664 e. The number of rotatable bonds is 2. The first-order chi connectivity index (χ1) is 5.86. The van der Waals surface area contributed by atoms with Crippen LogP contribution in [0.25, 0.3) is 0 Å². The van der Waals surface area contributed by atoms with Crippen molar-refractivity contribution in [2.45, 2.75) is 12.5 Å². The summed E-state index contributed by atoms with van der Waals surface area (Å²) < 4.78 is 5.43. The second-order valence-corrected chi connectivity index (χ2v) is 3.96. The Morgan fingerprint density at radius 3 is 3.00 bits per heavy atom. The predicted octanol–water partition coefficient (Wildman–Crippen LogP) is -0.151. The molecular weight excluding hydrogens is 154 g/mol. The van der Waals surface area contributed by atoms with Gasteiger partial charge in [-0.25, -0.2) is 0 Å². The van der Waals surface area contributed by atoms with Gasteiger partial charge in [-0.1, -0.05) is 0 Å². The molecule has 0 aromatic heterocycles. The molecule has 0 aromatic carbocycles. The van der Waals surface area contributed by atoms with Crippen molar-refractivity contribution in [1.29, 1.82) is 0 Å². The zero-order chi connectivity index (χ0) is 8.55. The van der Waals surface area contributed by atoms with E-state index in [-0.39, 0.29) is 12.7 Å². The van der Waals surface area contributed by atoms with E-state index in [0.717, 1.165) is 25.4 Å². The molecule has 3 nitrogen and oxygen atoms in total. The lowest BCUT2D eigenvalue weighted by atomic mass is 9.99. The van der Waals surface area contributed by atoms with E-state index < -0.39 is 0 Å². The second kappa shape index (κ2) is 3.32. The maximum Gasteiger partial charge on any atom is 0.0664 e. The van der Waals surface area contributed by atoms with Gasteiger partial charge in [0.25, 0.3) is 0 Å². The lowest BCUT2D eigenvalue weighted by molar-refractivity contribution is 0.0200. The zero-order valence-corrected chi connectivity index (χ0v) is 7.49. The molecule has 12 heavy (non-hydrogen) atoms. The van der Waals surface area contributed by atoms with Crippen LogP contribution in [0.15, 0.2) is 0 Å². The molecule has 1 aliphatic carbocycles. The van der Waals surface area contributed by atoms with Gasteiger partial charge in [0.15, 0.2) is 0 Å². The summed E-state index contributed by atoms with van der Waals surface area (Å²) in [6, 6.07) is 0. The molecule has 2 aliphatic rings. The van der Waals surface area contributed by atoms with Crippen molar-refractivity contribution in [2.75, 3.05) is 26.8 Å². The van der Waals surface area contributed by atoms with Crippen LogP contribution in [0, 0.1) is 17.8 Å². The van der Waals surface area contributed by atoms with E-state index >= 15 is 0 Å². The molecule has 4 atom stereocenters. The van der Waals surface area contributed by atoms with Crippen molar-refractivity contribution in [3.8, 4) is 0 Å². The summed E-state index contributed by atoms with van der Waals surface area (Å²) in [5.74, 6) is 1.77. The van der Waals surface area contributed by atoms with Gasteiger partial charge >= 0.3 is 0 Å². The molecule has 0 spiro atoms. The highest BCUT2D eigenvalue weighted by atomic mass is 16.5. The number of methoxy groups -OCH3 is 1. The van der Waals surface area contributed by atoms with Crippen LogP contribution in [0.3, 0.4) is 0 Å². The lowest BCUT2D eigenvalue weighted by Gasteiger charge is -2.20. The SMILES string of the molecule is CO[C@H]1[C@@H](CO)C[C@H]2CNC[C@H]21. The van der Waals surface area contributed by atoms with Crippen molar-refractivity contribution in [1.82, 2.24) is 5.32 Å². The minimum absolute atomic E-state index is 0.283. The summed E-state index contributed by atoms with van der Waals surface area (Å²) in [5, 5.41) is 12.5. The molecule has 1 saturated heterocycles. The van der Waals surface area contributed by atoms with E-state index in [1.165, 1.54) is 0 Å². The number of hydrogen-bond acceptors (Lipinski definition) is 3. The molecule has 1 aliphatic heterocycles. The van der Waals surface area contributed by atoms with Gasteiger partial charge < -0.3 is 15.2 Å². The highest BCUT2D eigenvalue weighted by Gasteiger charge is 2.45. The Balaban J connectivity index is 2.05. The van der Waals surface area contributed by atoms with E-state index in [2.05, 4.69) is 5.32 Å². The summed E-state index contributed by atoms with van der Waals surface area (Å²) >= 11 is 0. The normalized spacial score (nSPS) is 46.5. The molecule has 2 fully saturated rings. The largest absolute Gasteiger partial charge is 0.396 e. The van der Waals surface area contributed by atoms with Crippen LogP contribution in [0.5, 0.6) is 0 Å². The van der Waals surface area contributed by atoms with Crippen LogP contribution in [0.1, 0.15) is 6.42 Å². The first kappa shape index (κ1) is 8.48. The number of aliphatic hydroxyl groups is 1. The Hall–Kier alpha value is -0.120. The van der Waals surface area contributed by atoms with Crippen molar-refractivity contribution >= 4 is 0 Å². The quantitative estimate of drug-likeness (QED) is 0.607. The molecule has 0 bridgehead atoms. The molecule has 3 heteroatoms. The third-order valence-corrected chi connectivity index (χ3v) is 3.39. The summed E-state index contributed by atoms with van der Waals surface area (Å²) in [6.07, 6.45) is 1.42. The fourth-order valence-electron chi connectivity index (χ4n) is 2.81. The van der Waals surface area contributed by atoms with E-state index in [4.69, 9.17) is 9.84 Å². The second-order valence-electron chi connectivity index (χ2n) is 3.96. The third kappa shape index (κ3) is 1.16. The first-order valence-electron chi connectivity index (χ1n) is 4.71. The lowest BCUT2D eigenvalue weighted by Crippen LogP contribution is -2.29. The van der Waals surface area contributed by atoms with E-state index in [0.29, 0.717) is 11.8 Å². The summed E-state index contributed by atoms with van der Waals surface area (Å²) in [5.41, 5.74) is 0. The van der Waals surface area contributed by atoms with Gasteiger partial charge in [0.05, 0.1) is 6.10 Å². The fraction of sp³-hybridized carbons (Fsp3) is 1.00. The number of ether oxygens (including phenoxy) is 1. The molecule has 0 radical (unpaired) electrons. The Morgan fingerprint density at radius 1 is 1.50 bits per heavy atom. The van der Waals surface area contributed by atoms with Gasteiger partial charge in [-0.15, -0.1) is 0 Å². The number of aliphatic hydroxyl groups excluding tert-OH is 1. The monoisotopic (exact) mass is 171 g/mol. The fourth-order valence-corrected chi connectivity index (χ4v) is 2.81. The van der Waals surface area contributed by atoms with Crippen LogP contribution in [-0.4, -0.2) is 38.0 Å². The van der Waals surface area contributed by atoms with E-state index in [1.807, 2.05) is 0 Å². The van der Waals surface area contributed by atoms with Gasteiger partial charge in [0.1, 0.15) is 0 Å². The van der Waals surface area contributed by atoms with Gasteiger partial charge in [0, 0.05) is 32.1 Å². The molecule has 2 rings (SSSR count). The number of fused-ring (bicyclic) bond motifs is 1. The van der Waals surface area contributed by atoms with Gasteiger partial charge in [-0.2, -0.15) is 0 Å². The van der Waals surface area contributed by atoms with Gasteiger partial charge in [-0.05, 0) is 18.9 Å². The molecule has 2 N–H and O–H groups in total. The first-order valence-corrected chi connectivity index (χ1v) is 4.71. The van der Waals surface area contributed by atoms with Crippen molar-refractivity contribution in [3.05, 3.63) is 0 Å². The predicted molar refractivity (Wildman–Crippen MR) is 45.8 cm³/mol. The molecular formula is C9H17NO2. The Morgan fingerprint density at radius 2 is 2.33 bits per heavy atom. The number of hydrogen-bond donors (Lipinski definition) is 2. The van der Waals surface area contributed by atoms with Crippen LogP contribution in [0.2, 0.25) is 0 Å². The Kier molecular flexibility index (Phi) is 2.35. The van der Waals surface area contributed by atoms with E-state index in [9.17, 15) is 0 Å². The summed E-state index contributed by atoms with van der Waals surface area (Å²) in [4.78, 5) is 0. The minimum Gasteiger partial charge on any atom is -0.396 e. The van der Waals surface area contributed by atoms with Crippen molar-refractivity contribution in [2.24, 2.45) is 17.8 Å². The van der Waals surface area contributed by atoms with Crippen LogP contribution in [-0.2, 0) is 4.74 Å². The Labute approximate surface area is 73.1 Å². The molecule has 1 saturated carbocycles.